The number of hydrogen-bond donors (Lipinski definition) is 1. The molecule has 0 saturated carbocycles. The molecule has 4 nitrogen and oxygen atoms in total. The standard InChI is InChI=1S/C28H31F5N2O2S/c1-37-19-2-3-25-21(12-19)26(18(15-29)16-34-25)22(30)4-5-28(17-36)6-8-35(9-7-28)10-11-38-20-13-23(31)27(33)24(32)14-20/h2-3,12-14,16,22,36H,4-11,15,17H2,1H3/t22-/m1/s1. The highest BCUT2D eigenvalue weighted by Gasteiger charge is 2.35. The van der Waals surface area contributed by atoms with Crippen LogP contribution >= 0.6 is 11.8 Å². The summed E-state index contributed by atoms with van der Waals surface area (Å²) in [6.45, 7) is 1.14. The molecule has 1 fully saturated rings. The van der Waals surface area contributed by atoms with E-state index in [1.54, 1.807) is 18.2 Å². The Bertz CT molecular complexity index is 1230. The van der Waals surface area contributed by atoms with Crippen LogP contribution in [0, 0.1) is 22.9 Å². The zero-order valence-corrected chi connectivity index (χ0v) is 22.0. The van der Waals surface area contributed by atoms with Gasteiger partial charge < -0.3 is 14.7 Å². The van der Waals surface area contributed by atoms with Crippen LogP contribution < -0.4 is 4.74 Å². The molecule has 206 valence electrons. The summed E-state index contributed by atoms with van der Waals surface area (Å²) in [4.78, 5) is 6.76. The number of benzene rings is 2. The summed E-state index contributed by atoms with van der Waals surface area (Å²) in [6.07, 6.45) is 1.88. The van der Waals surface area contributed by atoms with Gasteiger partial charge in [0, 0.05) is 46.5 Å². The largest absolute Gasteiger partial charge is 0.497 e. The van der Waals surface area contributed by atoms with Gasteiger partial charge in [0.05, 0.1) is 12.6 Å². The molecule has 1 aromatic heterocycles. The Hall–Kier alpha value is -2.43. The number of aromatic nitrogens is 1. The van der Waals surface area contributed by atoms with Gasteiger partial charge in [0.1, 0.15) is 18.6 Å². The molecule has 38 heavy (non-hydrogen) atoms. The van der Waals surface area contributed by atoms with E-state index in [4.69, 9.17) is 4.74 Å². The van der Waals surface area contributed by atoms with Crippen LogP contribution in [0.25, 0.3) is 10.9 Å². The van der Waals surface area contributed by atoms with Crippen molar-refractivity contribution in [2.24, 2.45) is 5.41 Å². The van der Waals surface area contributed by atoms with E-state index in [1.165, 1.54) is 25.1 Å². The van der Waals surface area contributed by atoms with E-state index in [-0.39, 0.29) is 24.2 Å². The minimum absolute atomic E-state index is 0.0721. The molecule has 1 atom stereocenters. The highest BCUT2D eigenvalue weighted by molar-refractivity contribution is 7.99. The number of piperidine rings is 1. The third-order valence-corrected chi connectivity index (χ3v) is 8.43. The second-order valence-corrected chi connectivity index (χ2v) is 10.9. The topological polar surface area (TPSA) is 45.6 Å². The maximum atomic E-state index is 15.7. The molecule has 1 aliphatic heterocycles. The molecule has 0 bridgehead atoms. The lowest BCUT2D eigenvalue weighted by atomic mass is 9.74. The number of ether oxygens (including phenoxy) is 1. The van der Waals surface area contributed by atoms with Gasteiger partial charge in [0.2, 0.25) is 0 Å². The van der Waals surface area contributed by atoms with Crippen LogP contribution in [-0.2, 0) is 6.67 Å². The van der Waals surface area contributed by atoms with Crippen molar-refractivity contribution >= 4 is 22.7 Å². The summed E-state index contributed by atoms with van der Waals surface area (Å²) in [5.41, 5.74) is 0.625. The van der Waals surface area contributed by atoms with Gasteiger partial charge >= 0.3 is 0 Å². The molecule has 0 radical (unpaired) electrons. The minimum Gasteiger partial charge on any atom is -0.497 e. The van der Waals surface area contributed by atoms with Crippen molar-refractivity contribution in [1.82, 2.24) is 9.88 Å². The summed E-state index contributed by atoms with van der Waals surface area (Å²) in [6, 6.07) is 7.10. The van der Waals surface area contributed by atoms with Crippen LogP contribution in [0.2, 0.25) is 0 Å². The molecule has 0 amide bonds. The van der Waals surface area contributed by atoms with Crippen molar-refractivity contribution in [1.29, 1.82) is 0 Å². The van der Waals surface area contributed by atoms with Gasteiger partial charge in [0.15, 0.2) is 17.5 Å². The van der Waals surface area contributed by atoms with Gasteiger partial charge in [0.25, 0.3) is 0 Å². The normalized spacial score (nSPS) is 16.6. The summed E-state index contributed by atoms with van der Waals surface area (Å²) in [7, 11) is 1.51. The summed E-state index contributed by atoms with van der Waals surface area (Å²) >= 11 is 1.24. The Balaban J connectivity index is 1.34. The SMILES string of the molecule is COc1ccc2ncc(CF)c([C@H](F)CCC3(CO)CCN(CCSc4cc(F)c(F)c(F)c4)CC3)c2c1. The lowest BCUT2D eigenvalue weighted by molar-refractivity contribution is 0.0322. The number of methoxy groups -OCH3 is 1. The minimum atomic E-state index is -1.47. The molecule has 1 aliphatic rings. The van der Waals surface area contributed by atoms with Crippen molar-refractivity contribution in [3.8, 4) is 5.75 Å². The first-order chi connectivity index (χ1) is 18.3. The first-order valence-electron chi connectivity index (χ1n) is 12.6. The number of thioether (sulfide) groups is 1. The van der Waals surface area contributed by atoms with Crippen LogP contribution in [0.3, 0.4) is 0 Å². The average Bonchev–Trinajstić information content (AvgIpc) is 2.94. The van der Waals surface area contributed by atoms with E-state index in [9.17, 15) is 22.7 Å². The molecule has 0 unspecified atom stereocenters. The van der Waals surface area contributed by atoms with Gasteiger partial charge in [-0.1, -0.05) is 0 Å². The third kappa shape index (κ3) is 6.40. The number of hydrogen-bond acceptors (Lipinski definition) is 5. The fraction of sp³-hybridized carbons (Fsp3) is 0.464. The highest BCUT2D eigenvalue weighted by Crippen LogP contribution is 2.41. The number of aliphatic hydroxyl groups excluding tert-OH is 1. The molecule has 2 aromatic carbocycles. The summed E-state index contributed by atoms with van der Waals surface area (Å²) < 4.78 is 74.7. The van der Waals surface area contributed by atoms with Crippen LogP contribution in [-0.4, -0.2) is 54.1 Å². The molecular formula is C28H31F5N2O2S. The van der Waals surface area contributed by atoms with E-state index in [0.29, 0.717) is 66.2 Å². The maximum Gasteiger partial charge on any atom is 0.194 e. The van der Waals surface area contributed by atoms with Crippen molar-refractivity contribution < 1.29 is 31.8 Å². The Labute approximate surface area is 223 Å². The molecule has 1 saturated heterocycles. The summed E-state index contributed by atoms with van der Waals surface area (Å²) in [5.74, 6) is -2.79. The fourth-order valence-corrected chi connectivity index (χ4v) is 6.02. The predicted molar refractivity (Wildman–Crippen MR) is 138 cm³/mol. The Morgan fingerprint density at radius 3 is 2.47 bits per heavy atom. The second kappa shape index (κ2) is 12.6. The lowest BCUT2D eigenvalue weighted by Crippen LogP contribution is -2.42. The molecule has 2 heterocycles. The van der Waals surface area contributed by atoms with Crippen LogP contribution in [0.5, 0.6) is 5.75 Å². The van der Waals surface area contributed by atoms with Crippen LogP contribution in [0.15, 0.2) is 41.4 Å². The van der Waals surface area contributed by atoms with Gasteiger partial charge in [-0.3, -0.25) is 4.98 Å². The number of alkyl halides is 2. The van der Waals surface area contributed by atoms with E-state index in [0.717, 1.165) is 12.1 Å². The highest BCUT2D eigenvalue weighted by atomic mass is 32.2. The van der Waals surface area contributed by atoms with Crippen molar-refractivity contribution in [3.63, 3.8) is 0 Å². The molecular weight excluding hydrogens is 523 g/mol. The zero-order valence-electron chi connectivity index (χ0n) is 21.2. The number of halogens is 5. The second-order valence-electron chi connectivity index (χ2n) is 9.77. The predicted octanol–water partition coefficient (Wildman–Crippen LogP) is 6.79. The first kappa shape index (κ1) is 28.6. The molecule has 0 spiro atoms. The number of aliphatic hydroxyl groups is 1. The molecule has 10 heteroatoms. The van der Waals surface area contributed by atoms with Gasteiger partial charge in [-0.25, -0.2) is 22.0 Å². The lowest BCUT2D eigenvalue weighted by Gasteiger charge is -2.41. The quantitative estimate of drug-likeness (QED) is 0.161. The molecule has 1 N–H and O–H groups in total. The molecule has 4 rings (SSSR count). The van der Waals surface area contributed by atoms with Crippen LogP contribution in [0.4, 0.5) is 22.0 Å². The maximum absolute atomic E-state index is 15.7. The monoisotopic (exact) mass is 554 g/mol. The average molecular weight is 555 g/mol. The zero-order chi connectivity index (χ0) is 27.3. The third-order valence-electron chi connectivity index (χ3n) is 7.47. The Morgan fingerprint density at radius 2 is 1.84 bits per heavy atom. The number of pyridine rings is 1. The number of likely N-dealkylation sites (tertiary alicyclic amines) is 1. The van der Waals surface area contributed by atoms with E-state index < -0.39 is 35.7 Å². The first-order valence-corrected chi connectivity index (χ1v) is 13.5. The molecule has 3 aromatic rings. The number of fused-ring (bicyclic) bond motifs is 1. The van der Waals surface area contributed by atoms with Crippen molar-refractivity contribution in [2.75, 3.05) is 39.1 Å². The molecule has 0 aliphatic carbocycles. The number of rotatable bonds is 11. The van der Waals surface area contributed by atoms with Gasteiger partial charge in [-0.15, -0.1) is 11.8 Å². The van der Waals surface area contributed by atoms with Crippen molar-refractivity contribution in [3.05, 3.63) is 65.1 Å². The van der Waals surface area contributed by atoms with Crippen LogP contribution in [0.1, 0.15) is 43.0 Å². The smallest absolute Gasteiger partial charge is 0.194 e. The van der Waals surface area contributed by atoms with Crippen molar-refractivity contribution in [2.45, 2.75) is 43.4 Å². The Kier molecular flexibility index (Phi) is 9.49. The van der Waals surface area contributed by atoms with E-state index in [2.05, 4.69) is 9.88 Å². The van der Waals surface area contributed by atoms with E-state index >= 15 is 4.39 Å². The van der Waals surface area contributed by atoms with Gasteiger partial charge in [-0.2, -0.15) is 0 Å². The fourth-order valence-electron chi connectivity index (χ4n) is 5.06. The Morgan fingerprint density at radius 1 is 1.13 bits per heavy atom. The van der Waals surface area contributed by atoms with Gasteiger partial charge in [-0.05, 0) is 74.5 Å². The number of nitrogens with zero attached hydrogens (tertiary/aromatic N) is 2. The summed E-state index contributed by atoms with van der Waals surface area (Å²) in [5, 5.41) is 10.7. The van der Waals surface area contributed by atoms with E-state index in [1.807, 2.05) is 0 Å².